The molecule has 176 valence electrons. The zero-order chi connectivity index (χ0) is 24.5. The number of carbonyl (C=O) groups excluding carboxylic acids is 2. The molecule has 0 aliphatic carbocycles. The minimum atomic E-state index is -0.183. The first kappa shape index (κ1) is 22.9. The third-order valence-corrected chi connectivity index (χ3v) is 6.58. The summed E-state index contributed by atoms with van der Waals surface area (Å²) in [6.07, 6.45) is 1.82. The van der Waals surface area contributed by atoms with Gasteiger partial charge in [0.05, 0.1) is 34.5 Å². The molecule has 4 aromatic rings. The van der Waals surface area contributed by atoms with Crippen LogP contribution in [0.5, 0.6) is 0 Å². The summed E-state index contributed by atoms with van der Waals surface area (Å²) in [6.45, 7) is 3.85. The van der Waals surface area contributed by atoms with Gasteiger partial charge in [-0.25, -0.2) is 15.0 Å². The molecule has 2 amide bonds. The van der Waals surface area contributed by atoms with Crippen molar-refractivity contribution in [2.75, 3.05) is 10.6 Å². The molecule has 0 bridgehead atoms. The van der Waals surface area contributed by atoms with Crippen LogP contribution < -0.4 is 16.0 Å². The first-order valence-electron chi connectivity index (χ1n) is 10.9. The quantitative estimate of drug-likeness (QED) is 0.340. The van der Waals surface area contributed by atoms with E-state index in [1.807, 2.05) is 25.3 Å². The summed E-state index contributed by atoms with van der Waals surface area (Å²) in [7, 11) is 0. The molecular weight excluding hydrogens is 484 g/mol. The van der Waals surface area contributed by atoms with Crippen molar-refractivity contribution in [3.05, 3.63) is 80.9 Å². The van der Waals surface area contributed by atoms with E-state index in [0.29, 0.717) is 27.9 Å². The minimum absolute atomic E-state index is 0.148. The number of hydrogen-bond donors (Lipinski definition) is 3. The number of aromatic nitrogens is 3. The lowest BCUT2D eigenvalue weighted by Gasteiger charge is -2.13. The summed E-state index contributed by atoms with van der Waals surface area (Å²) in [5, 5.41) is 12.5. The topological polar surface area (TPSA) is 109 Å². The van der Waals surface area contributed by atoms with E-state index in [0.717, 1.165) is 27.5 Å². The monoisotopic (exact) mass is 504 g/mol. The number of benzene rings is 2. The van der Waals surface area contributed by atoms with Crippen LogP contribution in [0.1, 0.15) is 39.6 Å². The fourth-order valence-electron chi connectivity index (χ4n) is 3.79. The van der Waals surface area contributed by atoms with Gasteiger partial charge in [-0.3, -0.25) is 9.59 Å². The normalized spacial score (nSPS) is 13.2. The first-order chi connectivity index (χ1) is 16.9. The number of anilines is 3. The summed E-state index contributed by atoms with van der Waals surface area (Å²) >= 11 is 7.67. The van der Waals surface area contributed by atoms with Gasteiger partial charge in [0.1, 0.15) is 0 Å². The summed E-state index contributed by atoms with van der Waals surface area (Å²) < 4.78 is 0. The zero-order valence-corrected chi connectivity index (χ0v) is 20.5. The molecule has 5 rings (SSSR count). The molecule has 3 heterocycles. The molecular formula is C25H21ClN6O2S. The first-order valence-corrected chi connectivity index (χ1v) is 12.2. The Morgan fingerprint density at radius 1 is 1.17 bits per heavy atom. The maximum absolute atomic E-state index is 12.6. The molecule has 0 radical (unpaired) electrons. The third kappa shape index (κ3) is 5.01. The Balaban J connectivity index is 1.33. The van der Waals surface area contributed by atoms with Crippen LogP contribution in [-0.2, 0) is 11.2 Å². The lowest BCUT2D eigenvalue weighted by Crippen LogP contribution is -2.26. The van der Waals surface area contributed by atoms with Gasteiger partial charge in [-0.05, 0) is 56.3 Å². The van der Waals surface area contributed by atoms with Crippen molar-refractivity contribution in [1.82, 2.24) is 20.3 Å². The number of rotatable bonds is 5. The van der Waals surface area contributed by atoms with Gasteiger partial charge in [-0.15, -0.1) is 11.3 Å². The van der Waals surface area contributed by atoms with Gasteiger partial charge < -0.3 is 16.0 Å². The molecule has 2 aromatic carbocycles. The molecule has 1 unspecified atom stereocenters. The Morgan fingerprint density at radius 2 is 1.97 bits per heavy atom. The number of nitrogens with zero attached hydrogens (tertiary/aromatic N) is 3. The van der Waals surface area contributed by atoms with Crippen LogP contribution in [0.15, 0.2) is 54.0 Å². The third-order valence-electron chi connectivity index (χ3n) is 5.56. The predicted octanol–water partition coefficient (Wildman–Crippen LogP) is 5.29. The van der Waals surface area contributed by atoms with Crippen LogP contribution in [0, 0.1) is 6.92 Å². The molecule has 0 saturated heterocycles. The molecule has 3 N–H and O–H groups in total. The SMILES string of the molecule is Cc1nc(C(C)NC(=O)c2ccc(Nc3ncc4c(n3)-c3ccc(Cl)cc3NC(=O)C4)cc2)cs1. The van der Waals surface area contributed by atoms with Crippen LogP contribution in [0.4, 0.5) is 17.3 Å². The maximum Gasteiger partial charge on any atom is 0.251 e. The Bertz CT molecular complexity index is 1440. The van der Waals surface area contributed by atoms with Crippen molar-refractivity contribution in [1.29, 1.82) is 0 Å². The highest BCUT2D eigenvalue weighted by Gasteiger charge is 2.21. The Hall–Kier alpha value is -3.82. The zero-order valence-electron chi connectivity index (χ0n) is 18.9. The fourth-order valence-corrected chi connectivity index (χ4v) is 4.67. The molecule has 2 aromatic heterocycles. The molecule has 1 aliphatic rings. The van der Waals surface area contributed by atoms with Gasteiger partial charge in [0.15, 0.2) is 0 Å². The van der Waals surface area contributed by atoms with Crippen LogP contribution >= 0.6 is 22.9 Å². The van der Waals surface area contributed by atoms with Gasteiger partial charge in [-0.1, -0.05) is 11.6 Å². The molecule has 10 heteroatoms. The second-order valence-electron chi connectivity index (χ2n) is 8.17. The number of carbonyl (C=O) groups is 2. The van der Waals surface area contributed by atoms with Crippen molar-refractivity contribution < 1.29 is 9.59 Å². The predicted molar refractivity (Wildman–Crippen MR) is 137 cm³/mol. The summed E-state index contributed by atoms with van der Waals surface area (Å²) in [5.74, 6) is 0.0526. The van der Waals surface area contributed by atoms with E-state index in [1.165, 1.54) is 0 Å². The van der Waals surface area contributed by atoms with Gasteiger partial charge in [-0.2, -0.15) is 0 Å². The lowest BCUT2D eigenvalue weighted by molar-refractivity contribution is -0.115. The van der Waals surface area contributed by atoms with Gasteiger partial charge >= 0.3 is 0 Å². The molecule has 0 saturated carbocycles. The number of fused-ring (bicyclic) bond motifs is 3. The second kappa shape index (κ2) is 9.44. The highest BCUT2D eigenvalue weighted by molar-refractivity contribution is 7.09. The Morgan fingerprint density at radius 3 is 2.71 bits per heavy atom. The van der Waals surface area contributed by atoms with Crippen molar-refractivity contribution in [3.8, 4) is 11.3 Å². The van der Waals surface area contributed by atoms with Gasteiger partial charge in [0.25, 0.3) is 5.91 Å². The van der Waals surface area contributed by atoms with E-state index >= 15 is 0 Å². The van der Waals surface area contributed by atoms with Crippen LogP contribution in [-0.4, -0.2) is 26.8 Å². The standard InChI is InChI=1S/C25H21ClN6O2S/c1-13(21-12-35-14(2)29-21)28-24(34)15-3-6-18(7-4-15)30-25-27-11-16-9-22(33)31-20-10-17(26)5-8-19(20)23(16)32-25/h3-8,10-13H,9H2,1-2H3,(H,28,34)(H,31,33)(H,27,30,32). The Labute approximate surface area is 210 Å². The van der Waals surface area contributed by atoms with Gasteiger partial charge in [0.2, 0.25) is 11.9 Å². The summed E-state index contributed by atoms with van der Waals surface area (Å²) in [4.78, 5) is 38.4. The molecule has 0 fully saturated rings. The number of amides is 2. The van der Waals surface area contributed by atoms with Crippen molar-refractivity contribution in [2.24, 2.45) is 0 Å². The van der Waals surface area contributed by atoms with Crippen LogP contribution in [0.2, 0.25) is 5.02 Å². The smallest absolute Gasteiger partial charge is 0.251 e. The average molecular weight is 505 g/mol. The van der Waals surface area contributed by atoms with E-state index in [-0.39, 0.29) is 24.3 Å². The Kier molecular flexibility index (Phi) is 6.19. The van der Waals surface area contributed by atoms with E-state index in [1.54, 1.807) is 53.9 Å². The van der Waals surface area contributed by atoms with Crippen LogP contribution in [0.3, 0.4) is 0 Å². The van der Waals surface area contributed by atoms with Crippen molar-refractivity contribution in [3.63, 3.8) is 0 Å². The van der Waals surface area contributed by atoms with Crippen molar-refractivity contribution in [2.45, 2.75) is 26.3 Å². The highest BCUT2D eigenvalue weighted by atomic mass is 35.5. The van der Waals surface area contributed by atoms with E-state index in [9.17, 15) is 9.59 Å². The molecule has 8 nitrogen and oxygen atoms in total. The molecule has 1 aliphatic heterocycles. The molecule has 35 heavy (non-hydrogen) atoms. The number of nitrogens with one attached hydrogen (secondary N) is 3. The van der Waals surface area contributed by atoms with Crippen molar-refractivity contribution >= 4 is 52.1 Å². The minimum Gasteiger partial charge on any atom is -0.344 e. The van der Waals surface area contributed by atoms with E-state index < -0.39 is 0 Å². The van der Waals surface area contributed by atoms with E-state index in [2.05, 4.69) is 30.9 Å². The maximum atomic E-state index is 12.6. The molecule has 0 spiro atoms. The second-order valence-corrected chi connectivity index (χ2v) is 9.67. The number of halogens is 1. The fraction of sp³-hybridized carbons (Fsp3) is 0.160. The lowest BCUT2D eigenvalue weighted by atomic mass is 10.1. The summed E-state index contributed by atoms with van der Waals surface area (Å²) in [5.41, 5.74) is 4.89. The number of aryl methyl sites for hydroxylation is 1. The van der Waals surface area contributed by atoms with Gasteiger partial charge in [0, 0.05) is 39.0 Å². The van der Waals surface area contributed by atoms with E-state index in [4.69, 9.17) is 11.6 Å². The molecule has 1 atom stereocenters. The van der Waals surface area contributed by atoms with Crippen LogP contribution in [0.25, 0.3) is 11.3 Å². The average Bonchev–Trinajstić information content (AvgIpc) is 3.21. The number of hydrogen-bond acceptors (Lipinski definition) is 7. The largest absolute Gasteiger partial charge is 0.344 e. The summed E-state index contributed by atoms with van der Waals surface area (Å²) in [6, 6.07) is 12.2. The highest BCUT2D eigenvalue weighted by Crippen LogP contribution is 2.34. The number of thiazole rings is 1.